The monoisotopic (exact) mass is 285 g/mol. The van der Waals surface area contributed by atoms with Crippen molar-refractivity contribution in [3.63, 3.8) is 0 Å². The molecule has 1 aliphatic carbocycles. The van der Waals surface area contributed by atoms with Crippen LogP contribution in [0.4, 0.5) is 0 Å². The zero-order valence-corrected chi connectivity index (χ0v) is 12.3. The lowest BCUT2D eigenvalue weighted by atomic mass is 10.1. The third kappa shape index (κ3) is 3.13. The first-order valence-corrected chi connectivity index (χ1v) is 7.07. The summed E-state index contributed by atoms with van der Waals surface area (Å²) in [6, 6.07) is 6.68. The standard InChI is InChI=1S/C16H19N3O2/c1-20-14-6-3-11(9-12(14)10-19-13-4-5-13)15-16(21-2)18-8-7-17-15/h3,6-9,13,19H,4-5,10H2,1-2H3. The van der Waals surface area contributed by atoms with Gasteiger partial charge in [-0.1, -0.05) is 0 Å². The number of benzene rings is 1. The summed E-state index contributed by atoms with van der Waals surface area (Å²) in [5, 5.41) is 3.51. The first-order chi connectivity index (χ1) is 10.3. The highest BCUT2D eigenvalue weighted by Gasteiger charge is 2.21. The van der Waals surface area contributed by atoms with Gasteiger partial charge in [0.1, 0.15) is 11.4 Å². The van der Waals surface area contributed by atoms with Crippen molar-refractivity contribution in [2.75, 3.05) is 14.2 Å². The lowest BCUT2D eigenvalue weighted by Crippen LogP contribution is -2.16. The fraction of sp³-hybridized carbons (Fsp3) is 0.375. The number of aromatic nitrogens is 2. The smallest absolute Gasteiger partial charge is 0.240 e. The van der Waals surface area contributed by atoms with Gasteiger partial charge in [0, 0.05) is 36.1 Å². The van der Waals surface area contributed by atoms with E-state index in [1.54, 1.807) is 26.6 Å². The van der Waals surface area contributed by atoms with Crippen LogP contribution >= 0.6 is 0 Å². The predicted molar refractivity (Wildman–Crippen MR) is 80.4 cm³/mol. The third-order valence-electron chi connectivity index (χ3n) is 3.57. The van der Waals surface area contributed by atoms with Gasteiger partial charge in [-0.05, 0) is 31.0 Å². The van der Waals surface area contributed by atoms with E-state index in [9.17, 15) is 0 Å². The van der Waals surface area contributed by atoms with Crippen LogP contribution in [-0.2, 0) is 6.54 Å². The van der Waals surface area contributed by atoms with E-state index in [1.807, 2.05) is 12.1 Å². The molecule has 1 fully saturated rings. The molecule has 2 aromatic rings. The number of methoxy groups -OCH3 is 2. The Morgan fingerprint density at radius 1 is 1.14 bits per heavy atom. The number of nitrogens with one attached hydrogen (secondary N) is 1. The SMILES string of the molecule is COc1ccc(-c2nccnc2OC)cc1CNC1CC1. The van der Waals surface area contributed by atoms with E-state index in [0.29, 0.717) is 11.9 Å². The fourth-order valence-corrected chi connectivity index (χ4v) is 2.28. The summed E-state index contributed by atoms with van der Waals surface area (Å²) in [6.45, 7) is 0.796. The van der Waals surface area contributed by atoms with Crippen molar-refractivity contribution in [2.45, 2.75) is 25.4 Å². The summed E-state index contributed by atoms with van der Waals surface area (Å²) in [5.41, 5.74) is 2.85. The molecule has 5 nitrogen and oxygen atoms in total. The van der Waals surface area contributed by atoms with Crippen LogP contribution in [0.2, 0.25) is 0 Å². The molecule has 1 heterocycles. The summed E-state index contributed by atoms with van der Waals surface area (Å²) in [4.78, 5) is 8.57. The van der Waals surface area contributed by atoms with E-state index in [1.165, 1.54) is 12.8 Å². The topological polar surface area (TPSA) is 56.3 Å². The molecule has 1 aromatic heterocycles. The van der Waals surface area contributed by atoms with Crippen molar-refractivity contribution >= 4 is 0 Å². The maximum Gasteiger partial charge on any atom is 0.240 e. The molecule has 0 amide bonds. The van der Waals surface area contributed by atoms with E-state index in [2.05, 4.69) is 21.4 Å². The summed E-state index contributed by atoms with van der Waals surface area (Å²) in [6.07, 6.45) is 5.83. The highest BCUT2D eigenvalue weighted by molar-refractivity contribution is 5.66. The van der Waals surface area contributed by atoms with Crippen LogP contribution < -0.4 is 14.8 Å². The first-order valence-electron chi connectivity index (χ1n) is 7.07. The number of ether oxygens (including phenoxy) is 2. The van der Waals surface area contributed by atoms with Crippen LogP contribution in [0.25, 0.3) is 11.3 Å². The Morgan fingerprint density at radius 2 is 1.95 bits per heavy atom. The third-order valence-corrected chi connectivity index (χ3v) is 3.57. The van der Waals surface area contributed by atoms with Gasteiger partial charge in [-0.3, -0.25) is 0 Å². The summed E-state index contributed by atoms with van der Waals surface area (Å²) in [5.74, 6) is 1.42. The van der Waals surface area contributed by atoms with E-state index in [-0.39, 0.29) is 0 Å². The molecule has 110 valence electrons. The first kappa shape index (κ1) is 13.8. The Hall–Kier alpha value is -2.14. The number of hydrogen-bond donors (Lipinski definition) is 1. The van der Waals surface area contributed by atoms with Crippen molar-refractivity contribution < 1.29 is 9.47 Å². The largest absolute Gasteiger partial charge is 0.496 e. The molecule has 0 radical (unpaired) electrons. The number of nitrogens with zero attached hydrogens (tertiary/aromatic N) is 2. The average molecular weight is 285 g/mol. The van der Waals surface area contributed by atoms with Gasteiger partial charge in [-0.25, -0.2) is 9.97 Å². The maximum atomic E-state index is 5.44. The van der Waals surface area contributed by atoms with Crippen LogP contribution in [0.3, 0.4) is 0 Å². The molecule has 0 bridgehead atoms. The van der Waals surface area contributed by atoms with Crippen molar-refractivity contribution in [2.24, 2.45) is 0 Å². The van der Waals surface area contributed by atoms with Gasteiger partial charge in [0.2, 0.25) is 5.88 Å². The fourth-order valence-electron chi connectivity index (χ4n) is 2.28. The highest BCUT2D eigenvalue weighted by Crippen LogP contribution is 2.30. The van der Waals surface area contributed by atoms with Gasteiger partial charge in [0.15, 0.2) is 0 Å². The van der Waals surface area contributed by atoms with Crippen LogP contribution in [0.15, 0.2) is 30.6 Å². The Morgan fingerprint density at radius 3 is 2.67 bits per heavy atom. The Kier molecular flexibility index (Phi) is 4.01. The van der Waals surface area contributed by atoms with Gasteiger partial charge >= 0.3 is 0 Å². The molecule has 0 aliphatic heterocycles. The highest BCUT2D eigenvalue weighted by atomic mass is 16.5. The Balaban J connectivity index is 1.92. The second-order valence-corrected chi connectivity index (χ2v) is 5.10. The van der Waals surface area contributed by atoms with E-state index in [0.717, 1.165) is 29.1 Å². The minimum absolute atomic E-state index is 0.531. The zero-order chi connectivity index (χ0) is 14.7. The van der Waals surface area contributed by atoms with Crippen LogP contribution in [0.5, 0.6) is 11.6 Å². The minimum Gasteiger partial charge on any atom is -0.496 e. The normalized spacial score (nSPS) is 14.0. The Labute approximate surface area is 124 Å². The summed E-state index contributed by atoms with van der Waals surface area (Å²) in [7, 11) is 3.30. The van der Waals surface area contributed by atoms with Crippen LogP contribution in [0.1, 0.15) is 18.4 Å². The van der Waals surface area contributed by atoms with E-state index < -0.39 is 0 Å². The van der Waals surface area contributed by atoms with Gasteiger partial charge in [0.25, 0.3) is 0 Å². The molecule has 0 atom stereocenters. The molecule has 1 N–H and O–H groups in total. The zero-order valence-electron chi connectivity index (χ0n) is 12.3. The van der Waals surface area contributed by atoms with Gasteiger partial charge in [-0.15, -0.1) is 0 Å². The van der Waals surface area contributed by atoms with Gasteiger partial charge in [0.05, 0.1) is 14.2 Å². The molecular weight excluding hydrogens is 266 g/mol. The molecule has 5 heteroatoms. The van der Waals surface area contributed by atoms with Crippen LogP contribution in [0, 0.1) is 0 Å². The average Bonchev–Trinajstić information content (AvgIpc) is 3.37. The van der Waals surface area contributed by atoms with E-state index >= 15 is 0 Å². The quantitative estimate of drug-likeness (QED) is 0.883. The van der Waals surface area contributed by atoms with Crippen molar-refractivity contribution in [3.8, 4) is 22.9 Å². The lowest BCUT2D eigenvalue weighted by molar-refractivity contribution is 0.397. The molecule has 0 spiro atoms. The lowest BCUT2D eigenvalue weighted by Gasteiger charge is -2.12. The summed E-state index contributed by atoms with van der Waals surface area (Å²) >= 11 is 0. The van der Waals surface area contributed by atoms with Gasteiger partial charge < -0.3 is 14.8 Å². The molecule has 1 saturated carbocycles. The van der Waals surface area contributed by atoms with E-state index in [4.69, 9.17) is 9.47 Å². The summed E-state index contributed by atoms with van der Waals surface area (Å²) < 4.78 is 10.7. The second-order valence-electron chi connectivity index (χ2n) is 5.10. The maximum absolute atomic E-state index is 5.44. The van der Waals surface area contributed by atoms with Crippen molar-refractivity contribution in [3.05, 3.63) is 36.2 Å². The minimum atomic E-state index is 0.531. The molecule has 1 aromatic carbocycles. The van der Waals surface area contributed by atoms with Gasteiger partial charge in [-0.2, -0.15) is 0 Å². The van der Waals surface area contributed by atoms with Crippen LogP contribution in [-0.4, -0.2) is 30.2 Å². The molecule has 0 saturated heterocycles. The molecule has 1 aliphatic rings. The molecule has 21 heavy (non-hydrogen) atoms. The molecule has 3 rings (SSSR count). The number of hydrogen-bond acceptors (Lipinski definition) is 5. The number of rotatable bonds is 6. The molecule has 0 unspecified atom stereocenters. The molecular formula is C16H19N3O2. The Bertz CT molecular complexity index is 627. The van der Waals surface area contributed by atoms with Crippen molar-refractivity contribution in [1.82, 2.24) is 15.3 Å². The predicted octanol–water partition coefficient (Wildman–Crippen LogP) is 2.41. The second kappa shape index (κ2) is 6.10. The van der Waals surface area contributed by atoms with Crippen molar-refractivity contribution in [1.29, 1.82) is 0 Å².